The Morgan fingerprint density at radius 3 is 2.85 bits per heavy atom. The Kier molecular flexibility index (Phi) is 5.05. The summed E-state index contributed by atoms with van der Waals surface area (Å²) in [5, 5.41) is 9.94. The van der Waals surface area contributed by atoms with Gasteiger partial charge in [0.25, 0.3) is 5.91 Å². The van der Waals surface area contributed by atoms with Crippen molar-refractivity contribution in [1.82, 2.24) is 20.7 Å². The zero-order valence-electron chi connectivity index (χ0n) is 14.9. The van der Waals surface area contributed by atoms with Gasteiger partial charge >= 0.3 is 0 Å². The van der Waals surface area contributed by atoms with Crippen molar-refractivity contribution in [3.05, 3.63) is 59.7 Å². The van der Waals surface area contributed by atoms with Crippen LogP contribution in [0.15, 0.2) is 42.6 Å². The molecule has 2 aromatic rings. The number of aromatic hydroxyl groups is 1. The van der Waals surface area contributed by atoms with E-state index in [-0.39, 0.29) is 41.0 Å². The van der Waals surface area contributed by atoms with E-state index in [1.165, 1.54) is 24.4 Å². The van der Waals surface area contributed by atoms with Gasteiger partial charge < -0.3 is 10.0 Å². The van der Waals surface area contributed by atoms with Gasteiger partial charge in [0.1, 0.15) is 11.6 Å². The average Bonchev–Trinajstić information content (AvgIpc) is 3.18. The van der Waals surface area contributed by atoms with Gasteiger partial charge in [-0.2, -0.15) is 0 Å². The summed E-state index contributed by atoms with van der Waals surface area (Å²) in [4.78, 5) is 18.6. The number of hydrogen-bond donors (Lipinski definition) is 3. The van der Waals surface area contributed by atoms with Crippen LogP contribution in [0, 0.1) is 11.7 Å². The number of benzene rings is 1. The molecule has 27 heavy (non-hydrogen) atoms. The van der Waals surface area contributed by atoms with Crippen LogP contribution in [-0.4, -0.2) is 46.6 Å². The van der Waals surface area contributed by atoms with E-state index in [4.69, 9.17) is 0 Å². The molecule has 7 heteroatoms. The molecule has 0 spiro atoms. The van der Waals surface area contributed by atoms with Crippen molar-refractivity contribution in [3.63, 3.8) is 0 Å². The van der Waals surface area contributed by atoms with Gasteiger partial charge in [-0.1, -0.05) is 12.1 Å². The highest BCUT2D eigenvalue weighted by Crippen LogP contribution is 2.32. The molecule has 1 aromatic heterocycles. The average molecular weight is 370 g/mol. The maximum Gasteiger partial charge on any atom is 0.276 e. The highest BCUT2D eigenvalue weighted by molar-refractivity contribution is 5.94. The standard InChI is InChI=1S/C20H23FN4O2/c21-15-7-5-13(6-8-15)16-11-23-24-18(16)14-3-2-10-25(12-14)20(27)19-17(26)4-1-9-22-19/h1,4-9,14,16,18,23-24,26H,2-3,10-12H2. The number of aromatic nitrogens is 1. The summed E-state index contributed by atoms with van der Waals surface area (Å²) in [6, 6.07) is 9.89. The minimum Gasteiger partial charge on any atom is -0.505 e. The fourth-order valence-electron chi connectivity index (χ4n) is 4.19. The monoisotopic (exact) mass is 370 g/mol. The van der Waals surface area contributed by atoms with Crippen LogP contribution < -0.4 is 10.9 Å². The largest absolute Gasteiger partial charge is 0.505 e. The number of hydrogen-bond acceptors (Lipinski definition) is 5. The Bertz CT molecular complexity index is 814. The van der Waals surface area contributed by atoms with E-state index in [1.54, 1.807) is 11.0 Å². The lowest BCUT2D eigenvalue weighted by Gasteiger charge is -2.37. The zero-order valence-corrected chi connectivity index (χ0v) is 14.9. The van der Waals surface area contributed by atoms with E-state index < -0.39 is 0 Å². The first-order valence-electron chi connectivity index (χ1n) is 9.30. The maximum absolute atomic E-state index is 13.3. The predicted octanol–water partition coefficient (Wildman–Crippen LogP) is 2.04. The molecule has 2 aliphatic rings. The second kappa shape index (κ2) is 7.62. The van der Waals surface area contributed by atoms with E-state index >= 15 is 0 Å². The van der Waals surface area contributed by atoms with Crippen LogP contribution in [-0.2, 0) is 0 Å². The molecule has 3 unspecified atom stereocenters. The first-order chi connectivity index (χ1) is 13.1. The van der Waals surface area contributed by atoms with Gasteiger partial charge in [0, 0.05) is 37.8 Å². The first-order valence-corrected chi connectivity index (χ1v) is 9.30. The van der Waals surface area contributed by atoms with Crippen LogP contribution in [0.5, 0.6) is 5.75 Å². The molecule has 1 aromatic carbocycles. The Hall–Kier alpha value is -2.51. The highest BCUT2D eigenvalue weighted by Gasteiger charge is 2.38. The third kappa shape index (κ3) is 3.65. The second-order valence-corrected chi connectivity index (χ2v) is 7.23. The van der Waals surface area contributed by atoms with E-state index in [2.05, 4.69) is 15.8 Å². The molecular formula is C20H23FN4O2. The summed E-state index contributed by atoms with van der Waals surface area (Å²) in [5.74, 6) is -0.0807. The molecule has 2 saturated heterocycles. The van der Waals surface area contributed by atoms with Crippen molar-refractivity contribution in [2.45, 2.75) is 24.8 Å². The van der Waals surface area contributed by atoms with Gasteiger partial charge in [-0.05, 0) is 48.6 Å². The fraction of sp³-hybridized carbons (Fsp3) is 0.400. The summed E-state index contributed by atoms with van der Waals surface area (Å²) in [5.41, 5.74) is 7.76. The first kappa shape index (κ1) is 17.9. The zero-order chi connectivity index (χ0) is 18.8. The SMILES string of the molecule is O=C(c1ncccc1O)N1CCCC(C2NNCC2c2ccc(F)cc2)C1. The van der Waals surface area contributed by atoms with Crippen molar-refractivity contribution in [2.75, 3.05) is 19.6 Å². The number of rotatable bonds is 3. The maximum atomic E-state index is 13.3. The molecule has 4 rings (SSSR count). The molecule has 1 amide bonds. The van der Waals surface area contributed by atoms with E-state index in [1.807, 2.05) is 12.1 Å². The smallest absolute Gasteiger partial charge is 0.276 e. The lowest BCUT2D eigenvalue weighted by atomic mass is 9.81. The third-order valence-corrected chi connectivity index (χ3v) is 5.56. The highest BCUT2D eigenvalue weighted by atomic mass is 19.1. The number of nitrogens with zero attached hydrogens (tertiary/aromatic N) is 2. The normalized spacial score (nSPS) is 25.5. The molecule has 3 N–H and O–H groups in total. The Balaban J connectivity index is 1.50. The fourth-order valence-corrected chi connectivity index (χ4v) is 4.19. The van der Waals surface area contributed by atoms with E-state index in [0.29, 0.717) is 13.1 Å². The number of carbonyl (C=O) groups excluding carboxylic acids is 1. The van der Waals surface area contributed by atoms with Crippen LogP contribution in [0.3, 0.4) is 0 Å². The molecule has 2 aliphatic heterocycles. The van der Waals surface area contributed by atoms with Gasteiger partial charge in [-0.3, -0.25) is 15.6 Å². The number of amides is 1. The number of hydrazine groups is 1. The minimum atomic E-state index is -0.237. The quantitative estimate of drug-likeness (QED) is 0.771. The number of nitrogens with one attached hydrogen (secondary N) is 2. The molecule has 3 atom stereocenters. The number of piperidine rings is 1. The molecule has 0 aliphatic carbocycles. The van der Waals surface area contributed by atoms with Crippen LogP contribution in [0.1, 0.15) is 34.8 Å². The molecule has 0 radical (unpaired) electrons. The van der Waals surface area contributed by atoms with Crippen molar-refractivity contribution in [2.24, 2.45) is 5.92 Å². The van der Waals surface area contributed by atoms with E-state index in [0.717, 1.165) is 24.9 Å². The molecule has 3 heterocycles. The minimum absolute atomic E-state index is 0.0885. The lowest BCUT2D eigenvalue weighted by molar-refractivity contribution is 0.0635. The van der Waals surface area contributed by atoms with Gasteiger partial charge in [0.15, 0.2) is 5.69 Å². The van der Waals surface area contributed by atoms with Crippen LogP contribution in [0.4, 0.5) is 4.39 Å². The van der Waals surface area contributed by atoms with E-state index in [9.17, 15) is 14.3 Å². The summed E-state index contributed by atoms with van der Waals surface area (Å²) in [6.45, 7) is 2.03. The summed E-state index contributed by atoms with van der Waals surface area (Å²) >= 11 is 0. The van der Waals surface area contributed by atoms with Crippen molar-refractivity contribution >= 4 is 5.91 Å². The molecule has 2 fully saturated rings. The topological polar surface area (TPSA) is 77.5 Å². The molecule has 0 saturated carbocycles. The van der Waals surface area contributed by atoms with Gasteiger partial charge in [0.2, 0.25) is 0 Å². The second-order valence-electron chi connectivity index (χ2n) is 7.23. The molecular weight excluding hydrogens is 347 g/mol. The van der Waals surface area contributed by atoms with Gasteiger partial charge in [-0.25, -0.2) is 9.37 Å². The number of likely N-dealkylation sites (tertiary alicyclic amines) is 1. The van der Waals surface area contributed by atoms with Crippen molar-refractivity contribution in [3.8, 4) is 5.75 Å². The summed E-state index contributed by atoms with van der Waals surface area (Å²) in [6.07, 6.45) is 3.43. The lowest BCUT2D eigenvalue weighted by Crippen LogP contribution is -2.48. The van der Waals surface area contributed by atoms with Crippen molar-refractivity contribution < 1.29 is 14.3 Å². The number of carbonyl (C=O) groups is 1. The van der Waals surface area contributed by atoms with Crippen molar-refractivity contribution in [1.29, 1.82) is 0 Å². The van der Waals surface area contributed by atoms with Gasteiger partial charge in [0.05, 0.1) is 0 Å². The Morgan fingerprint density at radius 1 is 1.26 bits per heavy atom. The molecule has 6 nitrogen and oxygen atoms in total. The Labute approximate surface area is 157 Å². The number of pyridine rings is 1. The molecule has 0 bridgehead atoms. The summed E-state index contributed by atoms with van der Waals surface area (Å²) in [7, 11) is 0. The van der Waals surface area contributed by atoms with Gasteiger partial charge in [-0.15, -0.1) is 0 Å². The van der Waals surface area contributed by atoms with Crippen LogP contribution in [0.25, 0.3) is 0 Å². The number of halogens is 1. The third-order valence-electron chi connectivity index (χ3n) is 5.56. The summed E-state index contributed by atoms with van der Waals surface area (Å²) < 4.78 is 13.3. The molecule has 142 valence electrons. The Morgan fingerprint density at radius 2 is 2.07 bits per heavy atom. The predicted molar refractivity (Wildman–Crippen MR) is 98.6 cm³/mol. The van der Waals surface area contributed by atoms with Crippen LogP contribution in [0.2, 0.25) is 0 Å². The van der Waals surface area contributed by atoms with Crippen LogP contribution >= 0.6 is 0 Å².